The number of nitrogens with zero attached hydrogens (tertiary/aromatic N) is 3. The molecule has 4 rings (SSSR count). The molecule has 198 valence electrons. The summed E-state index contributed by atoms with van der Waals surface area (Å²) in [5.41, 5.74) is 3.74. The van der Waals surface area contributed by atoms with E-state index in [0.717, 1.165) is 11.1 Å². The fourth-order valence-corrected chi connectivity index (χ4v) is 4.19. The Balaban J connectivity index is 1.52. The van der Waals surface area contributed by atoms with Gasteiger partial charge in [-0.2, -0.15) is 5.10 Å². The van der Waals surface area contributed by atoms with Gasteiger partial charge in [-0.05, 0) is 47.5 Å². The molecule has 0 saturated heterocycles. The molecule has 0 saturated carbocycles. The lowest BCUT2D eigenvalue weighted by Crippen LogP contribution is -2.44. The SMILES string of the molecule is C=N/N=C\N(N)c1ccc(Cl)cc1/C=C/C(=O)N[C@@H](Cc1ccccc1)C(=O)Nc1ccc2c(c1)C(=O)NC2. The molecule has 3 amide bonds. The van der Waals surface area contributed by atoms with Gasteiger partial charge in [0, 0.05) is 47.6 Å². The first-order valence-corrected chi connectivity index (χ1v) is 12.3. The van der Waals surface area contributed by atoms with Crippen molar-refractivity contribution in [2.24, 2.45) is 16.0 Å². The van der Waals surface area contributed by atoms with Crippen molar-refractivity contribution in [2.45, 2.75) is 19.0 Å². The van der Waals surface area contributed by atoms with Gasteiger partial charge in [-0.1, -0.05) is 48.0 Å². The van der Waals surface area contributed by atoms with Crippen LogP contribution in [0.4, 0.5) is 11.4 Å². The zero-order valence-corrected chi connectivity index (χ0v) is 21.6. The average molecular weight is 544 g/mol. The van der Waals surface area contributed by atoms with Crippen molar-refractivity contribution >= 4 is 59.8 Å². The van der Waals surface area contributed by atoms with E-state index in [9.17, 15) is 14.4 Å². The topological polar surface area (TPSA) is 141 Å². The van der Waals surface area contributed by atoms with Gasteiger partial charge in [-0.15, -0.1) is 5.10 Å². The Morgan fingerprint density at radius 1 is 1.15 bits per heavy atom. The third-order valence-electron chi connectivity index (χ3n) is 5.92. The maximum absolute atomic E-state index is 13.3. The Labute approximate surface area is 230 Å². The van der Waals surface area contributed by atoms with Crippen molar-refractivity contribution in [3.05, 3.63) is 100 Å². The summed E-state index contributed by atoms with van der Waals surface area (Å²) in [6.07, 6.45) is 4.33. The van der Waals surface area contributed by atoms with Gasteiger partial charge in [-0.25, -0.2) is 5.84 Å². The van der Waals surface area contributed by atoms with Crippen molar-refractivity contribution < 1.29 is 14.4 Å². The van der Waals surface area contributed by atoms with Gasteiger partial charge in [0.1, 0.15) is 12.4 Å². The molecule has 0 radical (unpaired) electrons. The fourth-order valence-electron chi connectivity index (χ4n) is 4.01. The molecule has 11 heteroatoms. The van der Waals surface area contributed by atoms with Crippen LogP contribution in [0, 0.1) is 0 Å². The minimum absolute atomic E-state index is 0.191. The first-order valence-electron chi connectivity index (χ1n) is 11.9. The monoisotopic (exact) mass is 543 g/mol. The van der Waals surface area contributed by atoms with Gasteiger partial charge in [0.25, 0.3) is 5.91 Å². The van der Waals surface area contributed by atoms with Crippen LogP contribution in [-0.4, -0.2) is 36.8 Å². The fraction of sp³-hybridized carbons (Fsp3) is 0.107. The summed E-state index contributed by atoms with van der Waals surface area (Å²) in [6, 6.07) is 18.5. The molecule has 1 aliphatic rings. The van der Waals surface area contributed by atoms with Gasteiger partial charge in [0.05, 0.1) is 5.69 Å². The Morgan fingerprint density at radius 3 is 2.72 bits per heavy atom. The smallest absolute Gasteiger partial charge is 0.251 e. The number of amides is 3. The van der Waals surface area contributed by atoms with Gasteiger partial charge in [-0.3, -0.25) is 19.4 Å². The van der Waals surface area contributed by atoms with E-state index in [1.54, 1.807) is 36.4 Å². The van der Waals surface area contributed by atoms with Crippen LogP contribution in [0.1, 0.15) is 27.0 Å². The summed E-state index contributed by atoms with van der Waals surface area (Å²) in [4.78, 5) is 38.3. The number of nitrogens with two attached hydrogens (primary N) is 1. The van der Waals surface area contributed by atoms with Crippen molar-refractivity contribution in [3.8, 4) is 0 Å². The summed E-state index contributed by atoms with van der Waals surface area (Å²) >= 11 is 6.14. The van der Waals surface area contributed by atoms with E-state index in [-0.39, 0.29) is 12.3 Å². The highest BCUT2D eigenvalue weighted by molar-refractivity contribution is 6.30. The first kappa shape index (κ1) is 27.2. The molecule has 0 spiro atoms. The summed E-state index contributed by atoms with van der Waals surface area (Å²) in [6.45, 7) is 3.72. The molecular weight excluding hydrogens is 518 g/mol. The Bertz CT molecular complexity index is 1460. The molecule has 10 nitrogen and oxygen atoms in total. The number of rotatable bonds is 10. The number of nitrogens with one attached hydrogen (secondary N) is 3. The second-order valence-electron chi connectivity index (χ2n) is 8.61. The molecule has 0 unspecified atom stereocenters. The van der Waals surface area contributed by atoms with Crippen LogP contribution in [0.25, 0.3) is 6.08 Å². The molecule has 1 heterocycles. The molecule has 0 fully saturated rings. The zero-order chi connectivity index (χ0) is 27.8. The summed E-state index contributed by atoms with van der Waals surface area (Å²) < 4.78 is 0. The van der Waals surface area contributed by atoms with E-state index < -0.39 is 17.9 Å². The van der Waals surface area contributed by atoms with Crippen LogP contribution < -0.4 is 26.8 Å². The molecule has 5 N–H and O–H groups in total. The van der Waals surface area contributed by atoms with E-state index in [2.05, 4.69) is 32.9 Å². The number of carbonyl (C=O) groups excluding carboxylic acids is 3. The minimum atomic E-state index is -0.901. The standard InChI is InChI=1S/C28H26ClN7O3/c1-31-33-17-36(30)25-11-9-21(29)14-19(25)8-12-26(37)35-24(13-18-5-3-2-4-6-18)28(39)34-22-10-7-20-16-32-27(38)23(20)15-22/h2-12,14-15,17,24H,1,13,16,30H2,(H,32,38)(H,34,39)(H,35,37)/b12-8+,33-17-/t24-/m0/s1. The highest BCUT2D eigenvalue weighted by Crippen LogP contribution is 2.24. The molecule has 1 atom stereocenters. The number of carbonyl (C=O) groups is 3. The number of hydrogen-bond donors (Lipinski definition) is 4. The largest absolute Gasteiger partial charge is 0.348 e. The number of anilines is 2. The Hall–Kier alpha value is -4.80. The van der Waals surface area contributed by atoms with Crippen LogP contribution in [0.5, 0.6) is 0 Å². The normalized spacial score (nSPS) is 13.1. The van der Waals surface area contributed by atoms with Gasteiger partial charge in [0.2, 0.25) is 11.8 Å². The summed E-state index contributed by atoms with van der Waals surface area (Å²) in [5, 5.41) is 17.0. The van der Waals surface area contributed by atoms with E-state index >= 15 is 0 Å². The third kappa shape index (κ3) is 7.16. The average Bonchev–Trinajstić information content (AvgIpc) is 3.30. The number of halogens is 1. The number of hydrogen-bond acceptors (Lipinski definition) is 6. The lowest BCUT2D eigenvalue weighted by molar-refractivity contribution is -0.123. The van der Waals surface area contributed by atoms with Gasteiger partial charge >= 0.3 is 0 Å². The predicted octanol–water partition coefficient (Wildman–Crippen LogP) is 3.29. The Morgan fingerprint density at radius 2 is 1.95 bits per heavy atom. The minimum Gasteiger partial charge on any atom is -0.348 e. The number of hydrazine groups is 1. The molecule has 0 bridgehead atoms. The number of fused-ring (bicyclic) bond motifs is 1. The summed E-state index contributed by atoms with van der Waals surface area (Å²) in [5.74, 6) is 4.88. The van der Waals surface area contributed by atoms with Crippen molar-refractivity contribution in [1.82, 2.24) is 10.6 Å². The maximum atomic E-state index is 13.3. The molecule has 3 aromatic carbocycles. The molecular formula is C28H26ClN7O3. The second kappa shape index (κ2) is 12.6. The van der Waals surface area contributed by atoms with Gasteiger partial charge < -0.3 is 16.0 Å². The second-order valence-corrected chi connectivity index (χ2v) is 9.05. The molecule has 1 aliphatic heterocycles. The van der Waals surface area contributed by atoms with Crippen LogP contribution >= 0.6 is 11.6 Å². The van der Waals surface area contributed by atoms with Crippen molar-refractivity contribution in [3.63, 3.8) is 0 Å². The lowest BCUT2D eigenvalue weighted by atomic mass is 10.0. The molecule has 39 heavy (non-hydrogen) atoms. The number of benzene rings is 3. The molecule has 0 aromatic heterocycles. The zero-order valence-electron chi connectivity index (χ0n) is 20.8. The molecule has 3 aromatic rings. The van der Waals surface area contributed by atoms with E-state index in [0.29, 0.717) is 34.1 Å². The third-order valence-corrected chi connectivity index (χ3v) is 6.15. The van der Waals surface area contributed by atoms with Crippen molar-refractivity contribution in [1.29, 1.82) is 0 Å². The highest BCUT2D eigenvalue weighted by Gasteiger charge is 2.23. The van der Waals surface area contributed by atoms with Crippen molar-refractivity contribution in [2.75, 3.05) is 10.3 Å². The predicted molar refractivity (Wildman–Crippen MR) is 154 cm³/mol. The van der Waals surface area contributed by atoms with Gasteiger partial charge in [0.15, 0.2) is 0 Å². The Kier molecular flexibility index (Phi) is 8.82. The van der Waals surface area contributed by atoms with Crippen LogP contribution in [0.2, 0.25) is 5.02 Å². The van der Waals surface area contributed by atoms with Crippen LogP contribution in [0.15, 0.2) is 83.0 Å². The van der Waals surface area contributed by atoms with Crippen LogP contribution in [-0.2, 0) is 22.6 Å². The quantitative estimate of drug-likeness (QED) is 0.102. The highest BCUT2D eigenvalue weighted by atomic mass is 35.5. The summed E-state index contributed by atoms with van der Waals surface area (Å²) in [7, 11) is 0. The van der Waals surface area contributed by atoms with E-state index in [4.69, 9.17) is 17.4 Å². The first-order chi connectivity index (χ1) is 18.8. The van der Waals surface area contributed by atoms with E-state index in [1.807, 2.05) is 30.3 Å². The van der Waals surface area contributed by atoms with E-state index in [1.165, 1.54) is 23.5 Å². The van der Waals surface area contributed by atoms with Crippen LogP contribution in [0.3, 0.4) is 0 Å². The lowest BCUT2D eigenvalue weighted by Gasteiger charge is -2.18. The molecule has 0 aliphatic carbocycles. The maximum Gasteiger partial charge on any atom is 0.251 e.